The summed E-state index contributed by atoms with van der Waals surface area (Å²) in [4.78, 5) is 11.0. The molecular formula is C16H18O3. The number of hydrogen-bond donors (Lipinski definition) is 1. The highest BCUT2D eigenvalue weighted by atomic mass is 16.5. The highest BCUT2D eigenvalue weighted by Crippen LogP contribution is 2.09. The molecular weight excluding hydrogens is 240 g/mol. The molecule has 0 aromatic heterocycles. The molecule has 3 heteroatoms. The van der Waals surface area contributed by atoms with Gasteiger partial charge in [0.15, 0.2) is 0 Å². The predicted octanol–water partition coefficient (Wildman–Crippen LogP) is 3.57. The average Bonchev–Trinajstić information content (AvgIpc) is 2.40. The van der Waals surface area contributed by atoms with E-state index < -0.39 is 5.97 Å². The summed E-state index contributed by atoms with van der Waals surface area (Å²) in [7, 11) is 0. The number of hydrogen-bond acceptors (Lipinski definition) is 2. The van der Waals surface area contributed by atoms with Crippen molar-refractivity contribution in [2.75, 3.05) is 6.61 Å². The summed E-state index contributed by atoms with van der Waals surface area (Å²) in [6.07, 6.45) is 10.6. The van der Waals surface area contributed by atoms with E-state index in [4.69, 9.17) is 9.84 Å². The van der Waals surface area contributed by atoms with Crippen LogP contribution in [0.5, 0.6) is 0 Å². The first-order valence-electron chi connectivity index (χ1n) is 5.56. The van der Waals surface area contributed by atoms with Gasteiger partial charge in [-0.05, 0) is 29.9 Å². The minimum atomic E-state index is -1.04. The number of rotatable bonds is 9. The standard InChI is InChI=1S/C16H18O3/c1-5-9-14(16(17)18)11-13(7-3)12-19-15(8-4)10-6-2/h5-11H,1-4,12H2,(H,17,18)/b13-11+,14-9+,15-10+. The van der Waals surface area contributed by atoms with Gasteiger partial charge in [0.05, 0.1) is 5.57 Å². The third kappa shape index (κ3) is 6.68. The Bertz CT molecular complexity index is 462. The molecule has 0 amide bonds. The lowest BCUT2D eigenvalue weighted by molar-refractivity contribution is -0.132. The van der Waals surface area contributed by atoms with Crippen molar-refractivity contribution in [1.29, 1.82) is 0 Å². The Morgan fingerprint density at radius 1 is 1.05 bits per heavy atom. The Hall–Kier alpha value is -2.55. The molecule has 0 heterocycles. The lowest BCUT2D eigenvalue weighted by Gasteiger charge is -2.07. The van der Waals surface area contributed by atoms with Crippen molar-refractivity contribution in [3.8, 4) is 0 Å². The van der Waals surface area contributed by atoms with Crippen LogP contribution in [0.25, 0.3) is 0 Å². The second kappa shape index (κ2) is 9.48. The van der Waals surface area contributed by atoms with E-state index in [0.717, 1.165) is 0 Å². The van der Waals surface area contributed by atoms with Gasteiger partial charge in [-0.25, -0.2) is 4.79 Å². The molecule has 0 spiro atoms. The Kier molecular flexibility index (Phi) is 8.21. The van der Waals surface area contributed by atoms with Gasteiger partial charge in [-0.1, -0.05) is 44.5 Å². The van der Waals surface area contributed by atoms with Crippen molar-refractivity contribution in [3.63, 3.8) is 0 Å². The van der Waals surface area contributed by atoms with Crippen molar-refractivity contribution < 1.29 is 14.6 Å². The lowest BCUT2D eigenvalue weighted by atomic mass is 10.1. The maximum absolute atomic E-state index is 11.0. The van der Waals surface area contributed by atoms with E-state index in [1.165, 1.54) is 24.3 Å². The Balaban J connectivity index is 4.97. The molecule has 0 saturated carbocycles. The van der Waals surface area contributed by atoms with Crippen LogP contribution in [0.15, 0.2) is 85.8 Å². The van der Waals surface area contributed by atoms with Crippen molar-refractivity contribution in [2.24, 2.45) is 0 Å². The predicted molar refractivity (Wildman–Crippen MR) is 78.6 cm³/mol. The first-order valence-corrected chi connectivity index (χ1v) is 5.56. The van der Waals surface area contributed by atoms with Gasteiger partial charge in [-0.2, -0.15) is 0 Å². The minimum absolute atomic E-state index is 0.112. The van der Waals surface area contributed by atoms with Gasteiger partial charge in [-0.15, -0.1) is 0 Å². The fraction of sp³-hybridized carbons (Fsp3) is 0.0625. The van der Waals surface area contributed by atoms with Gasteiger partial charge in [0, 0.05) is 0 Å². The van der Waals surface area contributed by atoms with Crippen LogP contribution in [-0.4, -0.2) is 17.7 Å². The quantitative estimate of drug-likeness (QED) is 0.390. The molecule has 0 bridgehead atoms. The van der Waals surface area contributed by atoms with E-state index in [1.54, 1.807) is 18.2 Å². The van der Waals surface area contributed by atoms with E-state index in [2.05, 4.69) is 26.3 Å². The molecule has 1 N–H and O–H groups in total. The molecule has 0 radical (unpaired) electrons. The third-order valence-electron chi connectivity index (χ3n) is 2.04. The fourth-order valence-electron chi connectivity index (χ4n) is 1.13. The topological polar surface area (TPSA) is 46.5 Å². The number of allylic oxidation sites excluding steroid dienone is 5. The molecule has 0 atom stereocenters. The molecule has 0 aliphatic carbocycles. The molecule has 0 fully saturated rings. The summed E-state index contributed by atoms with van der Waals surface area (Å²) >= 11 is 0. The molecule has 0 unspecified atom stereocenters. The lowest BCUT2D eigenvalue weighted by Crippen LogP contribution is -2.01. The van der Waals surface area contributed by atoms with Gasteiger partial charge in [0.1, 0.15) is 12.4 Å². The zero-order chi connectivity index (χ0) is 14.7. The maximum Gasteiger partial charge on any atom is 0.335 e. The van der Waals surface area contributed by atoms with Crippen molar-refractivity contribution in [3.05, 3.63) is 85.8 Å². The molecule has 0 aromatic carbocycles. The summed E-state index contributed by atoms with van der Waals surface area (Å²) in [6, 6.07) is 0. The molecule has 0 rings (SSSR count). The molecule has 0 aliphatic heterocycles. The third-order valence-corrected chi connectivity index (χ3v) is 2.04. The van der Waals surface area contributed by atoms with Crippen LogP contribution >= 0.6 is 0 Å². The van der Waals surface area contributed by atoms with Crippen LogP contribution in [0.4, 0.5) is 0 Å². The Morgan fingerprint density at radius 3 is 2.11 bits per heavy atom. The highest BCUT2D eigenvalue weighted by Gasteiger charge is 2.04. The monoisotopic (exact) mass is 258 g/mol. The van der Waals surface area contributed by atoms with Crippen LogP contribution in [0.1, 0.15) is 0 Å². The summed E-state index contributed by atoms with van der Waals surface area (Å²) < 4.78 is 5.43. The van der Waals surface area contributed by atoms with Crippen molar-refractivity contribution in [2.45, 2.75) is 0 Å². The first-order chi connectivity index (χ1) is 9.08. The second-order valence-electron chi connectivity index (χ2n) is 3.38. The maximum atomic E-state index is 11.0. The van der Waals surface area contributed by atoms with E-state index >= 15 is 0 Å². The van der Waals surface area contributed by atoms with E-state index in [1.807, 2.05) is 0 Å². The number of carbonyl (C=O) groups is 1. The minimum Gasteiger partial charge on any atom is -0.489 e. The smallest absolute Gasteiger partial charge is 0.335 e. The highest BCUT2D eigenvalue weighted by molar-refractivity contribution is 5.90. The SMILES string of the molecule is C=C/C=C(\C=C)OC/C(C=C)=C/C(=C\C=C)C(=O)O. The summed E-state index contributed by atoms with van der Waals surface area (Å²) in [6.45, 7) is 14.4. The number of aliphatic carboxylic acids is 1. The van der Waals surface area contributed by atoms with Crippen LogP contribution in [0.2, 0.25) is 0 Å². The molecule has 3 nitrogen and oxygen atoms in total. The molecule has 0 saturated heterocycles. The second-order valence-corrected chi connectivity index (χ2v) is 3.38. The average molecular weight is 258 g/mol. The first kappa shape index (κ1) is 16.4. The number of carboxylic acid groups (broad SMARTS) is 1. The number of ether oxygens (including phenoxy) is 1. The summed E-state index contributed by atoms with van der Waals surface area (Å²) in [5.74, 6) is -0.489. The van der Waals surface area contributed by atoms with Gasteiger partial charge < -0.3 is 9.84 Å². The molecule has 100 valence electrons. The van der Waals surface area contributed by atoms with Gasteiger partial charge in [0.25, 0.3) is 0 Å². The van der Waals surface area contributed by atoms with Crippen LogP contribution in [-0.2, 0) is 9.53 Å². The van der Waals surface area contributed by atoms with Crippen LogP contribution in [0, 0.1) is 0 Å². The van der Waals surface area contributed by atoms with E-state index in [0.29, 0.717) is 11.3 Å². The van der Waals surface area contributed by atoms with Crippen molar-refractivity contribution >= 4 is 5.97 Å². The fourth-order valence-corrected chi connectivity index (χ4v) is 1.13. The van der Waals surface area contributed by atoms with Crippen molar-refractivity contribution in [1.82, 2.24) is 0 Å². The van der Waals surface area contributed by atoms with Gasteiger partial charge in [0.2, 0.25) is 0 Å². The Labute approximate surface area is 113 Å². The molecule has 0 aliphatic rings. The van der Waals surface area contributed by atoms with Crippen LogP contribution in [0.3, 0.4) is 0 Å². The summed E-state index contributed by atoms with van der Waals surface area (Å²) in [5.41, 5.74) is 0.744. The summed E-state index contributed by atoms with van der Waals surface area (Å²) in [5, 5.41) is 8.98. The number of carboxylic acids is 1. The van der Waals surface area contributed by atoms with E-state index in [-0.39, 0.29) is 12.2 Å². The van der Waals surface area contributed by atoms with Crippen LogP contribution < -0.4 is 0 Å². The normalized spacial score (nSPS) is 12.5. The van der Waals surface area contributed by atoms with Gasteiger partial charge in [-0.3, -0.25) is 0 Å². The zero-order valence-corrected chi connectivity index (χ0v) is 10.8. The largest absolute Gasteiger partial charge is 0.489 e. The molecule has 19 heavy (non-hydrogen) atoms. The molecule has 0 aromatic rings. The Morgan fingerprint density at radius 2 is 1.68 bits per heavy atom. The van der Waals surface area contributed by atoms with Gasteiger partial charge >= 0.3 is 5.97 Å². The zero-order valence-electron chi connectivity index (χ0n) is 10.8. The van der Waals surface area contributed by atoms with E-state index in [9.17, 15) is 4.79 Å².